The summed E-state index contributed by atoms with van der Waals surface area (Å²) in [7, 11) is 0. The molecule has 0 aliphatic carbocycles. The van der Waals surface area contributed by atoms with E-state index in [-0.39, 0.29) is 11.7 Å². The molecule has 1 aromatic carbocycles. The van der Waals surface area contributed by atoms with Gasteiger partial charge in [0, 0.05) is 17.7 Å². The summed E-state index contributed by atoms with van der Waals surface area (Å²) in [6.07, 6.45) is 0.748. The van der Waals surface area contributed by atoms with Crippen LogP contribution < -0.4 is 10.6 Å². The number of phenols is 1. The molecule has 2 aromatic rings. The predicted molar refractivity (Wildman–Crippen MR) is 76.9 cm³/mol. The van der Waals surface area contributed by atoms with E-state index in [9.17, 15) is 9.90 Å². The van der Waals surface area contributed by atoms with Gasteiger partial charge in [-0.25, -0.2) is 0 Å². The molecule has 3 heterocycles. The van der Waals surface area contributed by atoms with E-state index in [2.05, 4.69) is 20.8 Å². The van der Waals surface area contributed by atoms with E-state index < -0.39 is 5.41 Å². The summed E-state index contributed by atoms with van der Waals surface area (Å²) in [5.41, 5.74) is 1.51. The Morgan fingerprint density at radius 3 is 2.86 bits per heavy atom. The molecule has 2 aliphatic heterocycles. The second-order valence-corrected chi connectivity index (χ2v) is 5.47. The predicted octanol–water partition coefficient (Wildman–Crippen LogP) is 1.03. The molecule has 1 aromatic heterocycles. The molecule has 6 heteroatoms. The van der Waals surface area contributed by atoms with Crippen molar-refractivity contribution in [1.29, 1.82) is 0 Å². The van der Waals surface area contributed by atoms with E-state index in [0.29, 0.717) is 23.6 Å². The molecule has 3 N–H and O–H groups in total. The highest BCUT2D eigenvalue weighted by Crippen LogP contribution is 2.42. The van der Waals surface area contributed by atoms with Gasteiger partial charge in [0.2, 0.25) is 5.91 Å². The first-order chi connectivity index (χ1) is 10.2. The van der Waals surface area contributed by atoms with Crippen molar-refractivity contribution in [3.05, 3.63) is 35.9 Å². The van der Waals surface area contributed by atoms with E-state index in [4.69, 9.17) is 0 Å². The van der Waals surface area contributed by atoms with Crippen molar-refractivity contribution < 1.29 is 9.90 Å². The number of nitrogens with zero attached hydrogens (tertiary/aromatic N) is 2. The third-order valence-electron chi connectivity index (χ3n) is 4.31. The van der Waals surface area contributed by atoms with Crippen LogP contribution in [0.3, 0.4) is 0 Å². The van der Waals surface area contributed by atoms with Crippen LogP contribution in [0.1, 0.15) is 12.0 Å². The third-order valence-corrected chi connectivity index (χ3v) is 4.31. The van der Waals surface area contributed by atoms with Gasteiger partial charge in [-0.1, -0.05) is 12.1 Å². The van der Waals surface area contributed by atoms with Crippen molar-refractivity contribution in [2.24, 2.45) is 0 Å². The Bertz CT molecular complexity index is 738. The van der Waals surface area contributed by atoms with Gasteiger partial charge in [0.25, 0.3) is 0 Å². The lowest BCUT2D eigenvalue weighted by molar-refractivity contribution is -0.120. The molecule has 0 unspecified atom stereocenters. The topological polar surface area (TPSA) is 87.1 Å². The summed E-state index contributed by atoms with van der Waals surface area (Å²) >= 11 is 0. The standard InChI is InChI=1S/C15H14N4O2/c20-12-4-2-1-3-9(12)11-7-10-13(19-18-11)17-14(21)15(10)5-6-16-8-15/h1-4,7,16,20H,5-6,8H2,(H,17,19,21)/t15-/m1/s1. The lowest BCUT2D eigenvalue weighted by Crippen LogP contribution is -2.36. The van der Waals surface area contributed by atoms with Crippen molar-refractivity contribution in [2.45, 2.75) is 11.8 Å². The molecule has 0 saturated carbocycles. The molecule has 6 nitrogen and oxygen atoms in total. The number of fused-ring (bicyclic) bond motifs is 2. The molecule has 106 valence electrons. The van der Waals surface area contributed by atoms with E-state index in [1.165, 1.54) is 0 Å². The molecule has 2 aliphatic rings. The van der Waals surface area contributed by atoms with Crippen LogP contribution in [-0.2, 0) is 10.2 Å². The van der Waals surface area contributed by atoms with Gasteiger partial charge in [-0.05, 0) is 31.2 Å². The largest absolute Gasteiger partial charge is 0.507 e. The quantitative estimate of drug-likeness (QED) is 0.727. The molecule has 1 saturated heterocycles. The molecule has 21 heavy (non-hydrogen) atoms. The summed E-state index contributed by atoms with van der Waals surface area (Å²) in [6.45, 7) is 1.42. The van der Waals surface area contributed by atoms with Crippen LogP contribution in [0.2, 0.25) is 0 Å². The first-order valence-corrected chi connectivity index (χ1v) is 6.89. The zero-order chi connectivity index (χ0) is 14.4. The van der Waals surface area contributed by atoms with Crippen molar-refractivity contribution in [3.63, 3.8) is 0 Å². The lowest BCUT2D eigenvalue weighted by atomic mass is 9.81. The van der Waals surface area contributed by atoms with E-state index in [1.54, 1.807) is 18.2 Å². The molecular weight excluding hydrogens is 268 g/mol. The highest BCUT2D eigenvalue weighted by Gasteiger charge is 2.49. The molecular formula is C15H14N4O2. The van der Waals surface area contributed by atoms with Gasteiger partial charge in [-0.3, -0.25) is 4.79 Å². The van der Waals surface area contributed by atoms with E-state index in [1.807, 2.05) is 12.1 Å². The smallest absolute Gasteiger partial charge is 0.237 e. The van der Waals surface area contributed by atoms with Crippen molar-refractivity contribution in [1.82, 2.24) is 15.5 Å². The highest BCUT2D eigenvalue weighted by atomic mass is 16.3. The Balaban J connectivity index is 1.87. The van der Waals surface area contributed by atoms with Gasteiger partial charge in [0.15, 0.2) is 5.82 Å². The number of para-hydroxylation sites is 1. The number of hydrogen-bond acceptors (Lipinski definition) is 5. The summed E-state index contributed by atoms with van der Waals surface area (Å²) < 4.78 is 0. The van der Waals surface area contributed by atoms with Gasteiger partial charge in [0.05, 0.1) is 11.1 Å². The third kappa shape index (κ3) is 1.66. The number of rotatable bonds is 1. The average molecular weight is 282 g/mol. The minimum Gasteiger partial charge on any atom is -0.507 e. The minimum absolute atomic E-state index is 0.0220. The summed E-state index contributed by atoms with van der Waals surface area (Å²) in [4.78, 5) is 12.3. The average Bonchev–Trinajstić information content (AvgIpc) is 3.08. The number of aromatic nitrogens is 2. The van der Waals surface area contributed by atoms with Gasteiger partial charge < -0.3 is 15.7 Å². The number of phenolic OH excluding ortho intramolecular Hbond substituents is 1. The van der Waals surface area contributed by atoms with Gasteiger partial charge in [0.1, 0.15) is 5.75 Å². The second-order valence-electron chi connectivity index (χ2n) is 5.47. The van der Waals surface area contributed by atoms with Crippen LogP contribution in [-0.4, -0.2) is 34.3 Å². The van der Waals surface area contributed by atoms with Crippen LogP contribution in [0.5, 0.6) is 5.75 Å². The fraction of sp³-hybridized carbons (Fsp3) is 0.267. The van der Waals surface area contributed by atoms with Crippen LogP contribution in [0.15, 0.2) is 30.3 Å². The molecule has 4 rings (SSSR count). The molecule has 0 bridgehead atoms. The van der Waals surface area contributed by atoms with Crippen LogP contribution >= 0.6 is 0 Å². The van der Waals surface area contributed by atoms with Crippen molar-refractivity contribution in [3.8, 4) is 17.0 Å². The molecule has 1 fully saturated rings. The Morgan fingerprint density at radius 2 is 2.10 bits per heavy atom. The summed E-state index contributed by atoms with van der Waals surface area (Å²) in [6, 6.07) is 8.85. The maximum atomic E-state index is 12.3. The molecule has 0 radical (unpaired) electrons. The Hall–Kier alpha value is -2.47. The van der Waals surface area contributed by atoms with Crippen LogP contribution in [0.4, 0.5) is 5.82 Å². The number of amides is 1. The number of aromatic hydroxyl groups is 1. The monoisotopic (exact) mass is 282 g/mol. The molecule has 1 atom stereocenters. The maximum absolute atomic E-state index is 12.3. The van der Waals surface area contributed by atoms with Crippen molar-refractivity contribution >= 4 is 11.7 Å². The fourth-order valence-corrected chi connectivity index (χ4v) is 3.14. The van der Waals surface area contributed by atoms with Gasteiger partial charge in [-0.15, -0.1) is 10.2 Å². The minimum atomic E-state index is -0.551. The normalized spacial score (nSPS) is 23.3. The second kappa shape index (κ2) is 4.26. The van der Waals surface area contributed by atoms with Gasteiger partial charge in [-0.2, -0.15) is 0 Å². The first-order valence-electron chi connectivity index (χ1n) is 6.89. The number of carbonyl (C=O) groups is 1. The Morgan fingerprint density at radius 1 is 1.24 bits per heavy atom. The Kier molecular flexibility index (Phi) is 2.49. The molecule has 1 spiro atoms. The number of anilines is 1. The first kappa shape index (κ1) is 12.3. The lowest BCUT2D eigenvalue weighted by Gasteiger charge is -2.19. The number of benzene rings is 1. The van der Waals surface area contributed by atoms with E-state index >= 15 is 0 Å². The Labute approximate surface area is 121 Å². The maximum Gasteiger partial charge on any atom is 0.237 e. The van der Waals surface area contributed by atoms with Crippen molar-refractivity contribution in [2.75, 3.05) is 18.4 Å². The zero-order valence-electron chi connectivity index (χ0n) is 11.3. The highest BCUT2D eigenvalue weighted by molar-refractivity contribution is 6.06. The summed E-state index contributed by atoms with van der Waals surface area (Å²) in [5, 5.41) is 24.3. The summed E-state index contributed by atoms with van der Waals surface area (Å²) in [5.74, 6) is 0.664. The van der Waals surface area contributed by atoms with E-state index in [0.717, 1.165) is 18.5 Å². The number of hydrogen-bond donors (Lipinski definition) is 3. The molecule has 1 amide bonds. The van der Waals surface area contributed by atoms with Crippen LogP contribution in [0.25, 0.3) is 11.3 Å². The zero-order valence-corrected chi connectivity index (χ0v) is 11.3. The number of nitrogens with one attached hydrogen (secondary N) is 2. The fourth-order valence-electron chi connectivity index (χ4n) is 3.14. The van der Waals surface area contributed by atoms with Gasteiger partial charge >= 0.3 is 0 Å². The SMILES string of the molecule is O=C1Nc2nnc(-c3ccccc3O)cc2[C@]12CCNC2. The van der Waals surface area contributed by atoms with Crippen LogP contribution in [0, 0.1) is 0 Å². The number of carbonyl (C=O) groups excluding carboxylic acids is 1.